The molecule has 2 aromatic rings. The number of aromatic amines is 1. The van der Waals surface area contributed by atoms with Crippen molar-refractivity contribution in [2.45, 2.75) is 6.54 Å². The maximum atomic E-state index is 4.23. The summed E-state index contributed by atoms with van der Waals surface area (Å²) < 4.78 is 0. The minimum absolute atomic E-state index is 0.778. The summed E-state index contributed by atoms with van der Waals surface area (Å²) in [6.45, 7) is 0.778. The Labute approximate surface area is 81.6 Å². The average Bonchev–Trinajstić information content (AvgIpc) is 2.68. The lowest BCUT2D eigenvalue weighted by molar-refractivity contribution is 0.797. The van der Waals surface area contributed by atoms with Crippen LogP contribution in [-0.4, -0.2) is 27.0 Å². The molecular formula is C9H11N5. The van der Waals surface area contributed by atoms with Crippen molar-refractivity contribution in [1.82, 2.24) is 25.3 Å². The predicted octanol–water partition coefficient (Wildman–Crippen LogP) is 0.586. The third kappa shape index (κ3) is 1.77. The zero-order chi connectivity index (χ0) is 9.80. The molecule has 72 valence electrons. The summed E-state index contributed by atoms with van der Waals surface area (Å²) in [6, 6.07) is 0. The van der Waals surface area contributed by atoms with Crippen LogP contribution in [0.25, 0.3) is 11.4 Å². The second-order valence-electron chi connectivity index (χ2n) is 2.91. The molecule has 0 aliphatic rings. The summed E-state index contributed by atoms with van der Waals surface area (Å²) in [5.74, 6) is 0.802. The van der Waals surface area contributed by atoms with Crippen LogP contribution in [0.4, 0.5) is 0 Å². The number of hydrogen-bond donors (Lipinski definition) is 2. The van der Waals surface area contributed by atoms with Gasteiger partial charge in [0, 0.05) is 30.8 Å². The number of rotatable bonds is 3. The van der Waals surface area contributed by atoms with E-state index >= 15 is 0 Å². The van der Waals surface area contributed by atoms with Crippen LogP contribution >= 0.6 is 0 Å². The molecule has 0 unspecified atom stereocenters. The van der Waals surface area contributed by atoms with Crippen LogP contribution in [-0.2, 0) is 6.54 Å². The molecule has 0 radical (unpaired) electrons. The van der Waals surface area contributed by atoms with E-state index in [1.54, 1.807) is 18.6 Å². The van der Waals surface area contributed by atoms with Gasteiger partial charge in [0.15, 0.2) is 0 Å². The molecule has 2 rings (SSSR count). The first-order valence-electron chi connectivity index (χ1n) is 4.34. The van der Waals surface area contributed by atoms with Gasteiger partial charge in [-0.1, -0.05) is 0 Å². The third-order valence-electron chi connectivity index (χ3n) is 1.83. The van der Waals surface area contributed by atoms with Gasteiger partial charge in [0.05, 0.1) is 5.56 Å². The Morgan fingerprint density at radius 2 is 2.07 bits per heavy atom. The van der Waals surface area contributed by atoms with Gasteiger partial charge in [-0.3, -0.25) is 0 Å². The molecule has 0 aliphatic carbocycles. The maximum Gasteiger partial charge on any atom is 0.140 e. The zero-order valence-corrected chi connectivity index (χ0v) is 7.86. The van der Waals surface area contributed by atoms with Crippen molar-refractivity contribution >= 4 is 0 Å². The Hall–Kier alpha value is -1.75. The molecule has 2 heterocycles. The Morgan fingerprint density at radius 1 is 1.29 bits per heavy atom. The lowest BCUT2D eigenvalue weighted by Gasteiger charge is -1.94. The largest absolute Gasteiger partial charge is 0.341 e. The highest BCUT2D eigenvalue weighted by Gasteiger charge is 2.02. The van der Waals surface area contributed by atoms with Gasteiger partial charge in [-0.15, -0.1) is 0 Å². The van der Waals surface area contributed by atoms with E-state index in [0.29, 0.717) is 0 Å². The van der Waals surface area contributed by atoms with E-state index in [2.05, 4.69) is 25.3 Å². The Balaban J connectivity index is 2.25. The summed E-state index contributed by atoms with van der Waals surface area (Å²) >= 11 is 0. The molecule has 0 aromatic carbocycles. The zero-order valence-electron chi connectivity index (χ0n) is 7.86. The molecule has 0 spiro atoms. The van der Waals surface area contributed by atoms with E-state index in [9.17, 15) is 0 Å². The van der Waals surface area contributed by atoms with Gasteiger partial charge in [0.1, 0.15) is 12.2 Å². The standard InChI is InChI=1S/C9H11N5/c1-10-4-8-5-13-9(14-8)7-2-11-6-12-3-7/h2-3,5-6,10H,4H2,1H3,(H,13,14). The summed E-state index contributed by atoms with van der Waals surface area (Å²) in [6.07, 6.45) is 6.77. The Bertz CT molecular complexity index is 395. The van der Waals surface area contributed by atoms with Gasteiger partial charge in [0.2, 0.25) is 0 Å². The van der Waals surface area contributed by atoms with E-state index in [0.717, 1.165) is 23.6 Å². The van der Waals surface area contributed by atoms with Crippen LogP contribution in [0.2, 0.25) is 0 Å². The number of imidazole rings is 1. The van der Waals surface area contributed by atoms with Crippen molar-refractivity contribution in [3.8, 4) is 11.4 Å². The van der Waals surface area contributed by atoms with Crippen molar-refractivity contribution in [3.63, 3.8) is 0 Å². The van der Waals surface area contributed by atoms with E-state index in [1.165, 1.54) is 6.33 Å². The summed E-state index contributed by atoms with van der Waals surface area (Å²) in [5, 5.41) is 3.05. The molecule has 5 nitrogen and oxygen atoms in total. The van der Waals surface area contributed by atoms with Gasteiger partial charge in [-0.2, -0.15) is 0 Å². The highest BCUT2D eigenvalue weighted by molar-refractivity contribution is 5.51. The molecular weight excluding hydrogens is 178 g/mol. The number of aromatic nitrogens is 4. The van der Waals surface area contributed by atoms with Gasteiger partial charge in [0.25, 0.3) is 0 Å². The SMILES string of the molecule is CNCc1cnc(-c2cncnc2)[nH]1. The average molecular weight is 189 g/mol. The first-order valence-corrected chi connectivity index (χ1v) is 4.34. The molecule has 2 N–H and O–H groups in total. The van der Waals surface area contributed by atoms with Crippen LogP contribution < -0.4 is 5.32 Å². The molecule has 0 bridgehead atoms. The van der Waals surface area contributed by atoms with E-state index in [4.69, 9.17) is 0 Å². The van der Waals surface area contributed by atoms with E-state index < -0.39 is 0 Å². The molecule has 0 saturated carbocycles. The van der Waals surface area contributed by atoms with Crippen LogP contribution in [0.15, 0.2) is 24.9 Å². The van der Waals surface area contributed by atoms with Crippen molar-refractivity contribution in [3.05, 3.63) is 30.6 Å². The van der Waals surface area contributed by atoms with Crippen LogP contribution in [0, 0.1) is 0 Å². The summed E-state index contributed by atoms with van der Waals surface area (Å²) in [7, 11) is 1.89. The van der Waals surface area contributed by atoms with Gasteiger partial charge in [-0.05, 0) is 7.05 Å². The summed E-state index contributed by atoms with van der Waals surface area (Å²) in [4.78, 5) is 15.3. The quantitative estimate of drug-likeness (QED) is 0.741. The van der Waals surface area contributed by atoms with Gasteiger partial charge < -0.3 is 10.3 Å². The summed E-state index contributed by atoms with van der Waals surface area (Å²) in [5.41, 5.74) is 1.95. The fourth-order valence-electron chi connectivity index (χ4n) is 1.21. The molecule has 14 heavy (non-hydrogen) atoms. The topological polar surface area (TPSA) is 66.5 Å². The fraction of sp³-hybridized carbons (Fsp3) is 0.222. The predicted molar refractivity (Wildman–Crippen MR) is 52.4 cm³/mol. The molecule has 0 aliphatic heterocycles. The molecule has 0 fully saturated rings. The third-order valence-corrected chi connectivity index (χ3v) is 1.83. The molecule has 0 saturated heterocycles. The fourth-order valence-corrected chi connectivity index (χ4v) is 1.21. The molecule has 2 aromatic heterocycles. The first-order chi connectivity index (χ1) is 6.90. The van der Waals surface area contributed by atoms with Crippen molar-refractivity contribution < 1.29 is 0 Å². The van der Waals surface area contributed by atoms with Crippen LogP contribution in [0.3, 0.4) is 0 Å². The first kappa shape index (κ1) is 8.83. The number of nitrogens with zero attached hydrogens (tertiary/aromatic N) is 3. The highest BCUT2D eigenvalue weighted by atomic mass is 15.0. The van der Waals surface area contributed by atoms with Crippen LogP contribution in [0.1, 0.15) is 5.69 Å². The van der Waals surface area contributed by atoms with E-state index in [-0.39, 0.29) is 0 Å². The smallest absolute Gasteiger partial charge is 0.140 e. The lowest BCUT2D eigenvalue weighted by Crippen LogP contribution is -2.04. The monoisotopic (exact) mass is 189 g/mol. The Kier molecular flexibility index (Phi) is 2.51. The van der Waals surface area contributed by atoms with Gasteiger partial charge >= 0.3 is 0 Å². The number of H-pyrrole nitrogens is 1. The minimum atomic E-state index is 0.778. The lowest BCUT2D eigenvalue weighted by atomic mass is 10.3. The second kappa shape index (κ2) is 3.97. The van der Waals surface area contributed by atoms with Gasteiger partial charge in [-0.25, -0.2) is 15.0 Å². The highest BCUT2D eigenvalue weighted by Crippen LogP contribution is 2.11. The molecule has 5 heteroatoms. The van der Waals surface area contributed by atoms with Crippen molar-refractivity contribution in [1.29, 1.82) is 0 Å². The van der Waals surface area contributed by atoms with E-state index in [1.807, 2.05) is 7.05 Å². The minimum Gasteiger partial charge on any atom is -0.341 e. The molecule has 0 amide bonds. The number of hydrogen-bond acceptors (Lipinski definition) is 4. The molecule has 0 atom stereocenters. The normalized spacial score (nSPS) is 10.4. The Morgan fingerprint density at radius 3 is 2.79 bits per heavy atom. The van der Waals surface area contributed by atoms with Crippen molar-refractivity contribution in [2.24, 2.45) is 0 Å². The second-order valence-corrected chi connectivity index (χ2v) is 2.91. The van der Waals surface area contributed by atoms with Crippen molar-refractivity contribution in [2.75, 3.05) is 7.05 Å². The number of nitrogens with one attached hydrogen (secondary N) is 2. The van der Waals surface area contributed by atoms with Crippen LogP contribution in [0.5, 0.6) is 0 Å². The maximum absolute atomic E-state index is 4.23.